The number of ether oxygens (including phenoxy) is 2. The molecule has 7 nitrogen and oxygen atoms in total. The lowest BCUT2D eigenvalue weighted by Gasteiger charge is -2.10. The third-order valence-corrected chi connectivity index (χ3v) is 2.83. The Kier molecular flexibility index (Phi) is 3.38. The molecule has 0 fully saturated rings. The van der Waals surface area contributed by atoms with Gasteiger partial charge in [-0.15, -0.1) is 0 Å². The van der Waals surface area contributed by atoms with Crippen LogP contribution in [-0.4, -0.2) is 27.3 Å². The normalized spacial score (nSPS) is 10.3. The summed E-state index contributed by atoms with van der Waals surface area (Å²) in [5, 5.41) is 11.4. The minimum Gasteiger partial charge on any atom is -0.493 e. The third-order valence-electron chi connectivity index (χ3n) is 2.83. The van der Waals surface area contributed by atoms with Crippen LogP contribution in [0.15, 0.2) is 48.5 Å². The number of rotatable bonds is 4. The number of benzene rings is 2. The van der Waals surface area contributed by atoms with Gasteiger partial charge in [-0.25, -0.2) is 0 Å². The fourth-order valence-corrected chi connectivity index (χ4v) is 1.85. The molecule has 0 aliphatic heterocycles. The smallest absolute Gasteiger partial charge is 0.346 e. The number of methoxy groups -OCH3 is 1. The van der Waals surface area contributed by atoms with Crippen LogP contribution < -0.4 is 15.2 Å². The zero-order valence-corrected chi connectivity index (χ0v) is 11.3. The average Bonchev–Trinajstić information content (AvgIpc) is 2.96. The largest absolute Gasteiger partial charge is 0.493 e. The van der Waals surface area contributed by atoms with Crippen LogP contribution >= 0.6 is 0 Å². The molecule has 3 rings (SSSR count). The van der Waals surface area contributed by atoms with Crippen LogP contribution in [0.1, 0.15) is 0 Å². The van der Waals surface area contributed by atoms with E-state index in [1.807, 2.05) is 30.3 Å². The number of para-hydroxylation sites is 1. The number of hydrogen-bond donors (Lipinski definition) is 1. The highest BCUT2D eigenvalue weighted by Crippen LogP contribution is 2.32. The molecule has 0 aliphatic rings. The molecule has 106 valence electrons. The minimum absolute atomic E-state index is 0.227. The van der Waals surface area contributed by atoms with Crippen molar-refractivity contribution in [3.8, 4) is 23.2 Å². The zero-order valence-electron chi connectivity index (χ0n) is 11.3. The average molecular weight is 283 g/mol. The van der Waals surface area contributed by atoms with Crippen LogP contribution in [0.3, 0.4) is 0 Å². The molecule has 1 heterocycles. The molecule has 2 N–H and O–H groups in total. The van der Waals surface area contributed by atoms with Crippen LogP contribution in [-0.2, 0) is 0 Å². The molecule has 0 aliphatic carbocycles. The van der Waals surface area contributed by atoms with Gasteiger partial charge in [-0.3, -0.25) is 0 Å². The number of tetrazole rings is 1. The maximum absolute atomic E-state index is 5.77. The van der Waals surface area contributed by atoms with Crippen molar-refractivity contribution in [3.05, 3.63) is 48.5 Å². The quantitative estimate of drug-likeness (QED) is 0.737. The lowest BCUT2D eigenvalue weighted by molar-refractivity contribution is 0.363. The van der Waals surface area contributed by atoms with Gasteiger partial charge in [0.25, 0.3) is 0 Å². The number of nitrogens with two attached hydrogens (primary N) is 1. The first-order valence-electron chi connectivity index (χ1n) is 6.23. The van der Waals surface area contributed by atoms with Crippen LogP contribution in [0.2, 0.25) is 0 Å². The van der Waals surface area contributed by atoms with Crippen molar-refractivity contribution in [1.82, 2.24) is 20.2 Å². The molecule has 2 aromatic carbocycles. The second-order valence-corrected chi connectivity index (χ2v) is 4.22. The van der Waals surface area contributed by atoms with E-state index in [2.05, 4.69) is 15.5 Å². The summed E-state index contributed by atoms with van der Waals surface area (Å²) in [6, 6.07) is 14.8. The summed E-state index contributed by atoms with van der Waals surface area (Å²) in [7, 11) is 1.55. The monoisotopic (exact) mass is 283 g/mol. The summed E-state index contributed by atoms with van der Waals surface area (Å²) in [5.41, 5.74) is 7.12. The van der Waals surface area contributed by atoms with Crippen molar-refractivity contribution in [2.75, 3.05) is 12.8 Å². The Morgan fingerprint density at radius 1 is 1.05 bits per heavy atom. The van der Waals surface area contributed by atoms with E-state index in [4.69, 9.17) is 15.2 Å². The Hall–Kier alpha value is -3.09. The molecular formula is C14H13N5O2. The van der Waals surface area contributed by atoms with E-state index in [0.717, 1.165) is 5.69 Å². The SMILES string of the molecule is COc1ccc(N)cc1Oc1nnnn1-c1ccccc1. The number of anilines is 1. The van der Waals surface area contributed by atoms with Gasteiger partial charge in [0.15, 0.2) is 11.5 Å². The lowest BCUT2D eigenvalue weighted by Crippen LogP contribution is -2.01. The first-order chi connectivity index (χ1) is 10.3. The number of aromatic nitrogens is 4. The van der Waals surface area contributed by atoms with Gasteiger partial charge in [0.2, 0.25) is 0 Å². The van der Waals surface area contributed by atoms with Gasteiger partial charge >= 0.3 is 6.01 Å². The second-order valence-electron chi connectivity index (χ2n) is 4.22. The van der Waals surface area contributed by atoms with Crippen LogP contribution in [0.5, 0.6) is 17.5 Å². The van der Waals surface area contributed by atoms with Crippen LogP contribution in [0.25, 0.3) is 5.69 Å². The Morgan fingerprint density at radius 2 is 1.86 bits per heavy atom. The third kappa shape index (κ3) is 2.62. The Balaban J connectivity index is 1.97. The molecule has 0 saturated carbocycles. The summed E-state index contributed by atoms with van der Waals surface area (Å²) in [6.45, 7) is 0. The Morgan fingerprint density at radius 3 is 2.62 bits per heavy atom. The molecule has 1 aromatic heterocycles. The standard InChI is InChI=1S/C14H13N5O2/c1-20-12-8-7-10(15)9-13(12)21-14-16-17-18-19(14)11-5-3-2-4-6-11/h2-9H,15H2,1H3. The first-order valence-corrected chi connectivity index (χ1v) is 6.23. The summed E-state index contributed by atoms with van der Waals surface area (Å²) >= 11 is 0. The van der Waals surface area contributed by atoms with Gasteiger partial charge in [0, 0.05) is 11.8 Å². The highest BCUT2D eigenvalue weighted by atomic mass is 16.5. The van der Waals surface area contributed by atoms with Crippen molar-refractivity contribution in [2.24, 2.45) is 0 Å². The lowest BCUT2D eigenvalue weighted by atomic mass is 10.3. The first kappa shape index (κ1) is 12.9. The van der Waals surface area contributed by atoms with Crippen molar-refractivity contribution in [2.45, 2.75) is 0 Å². The highest BCUT2D eigenvalue weighted by Gasteiger charge is 2.13. The van der Waals surface area contributed by atoms with Crippen molar-refractivity contribution < 1.29 is 9.47 Å². The van der Waals surface area contributed by atoms with Gasteiger partial charge in [0.05, 0.1) is 12.8 Å². The van der Waals surface area contributed by atoms with Gasteiger partial charge in [-0.2, -0.15) is 4.68 Å². The van der Waals surface area contributed by atoms with Crippen LogP contribution in [0.4, 0.5) is 5.69 Å². The highest BCUT2D eigenvalue weighted by molar-refractivity contribution is 5.52. The Bertz CT molecular complexity index is 742. The minimum atomic E-state index is 0.227. The van der Waals surface area contributed by atoms with Gasteiger partial charge in [-0.05, 0) is 34.7 Å². The topological polar surface area (TPSA) is 88.1 Å². The van der Waals surface area contributed by atoms with E-state index in [9.17, 15) is 0 Å². The molecule has 0 radical (unpaired) electrons. The van der Waals surface area contributed by atoms with Crippen molar-refractivity contribution >= 4 is 5.69 Å². The summed E-state index contributed by atoms with van der Waals surface area (Å²) in [6.07, 6.45) is 0. The van der Waals surface area contributed by atoms with E-state index in [0.29, 0.717) is 17.2 Å². The molecule has 0 atom stereocenters. The number of nitrogen functional groups attached to an aromatic ring is 1. The van der Waals surface area contributed by atoms with E-state index < -0.39 is 0 Å². The Labute approximate surface area is 120 Å². The molecule has 7 heteroatoms. The molecular weight excluding hydrogens is 270 g/mol. The van der Waals surface area contributed by atoms with E-state index in [-0.39, 0.29) is 6.01 Å². The second kappa shape index (κ2) is 5.49. The van der Waals surface area contributed by atoms with E-state index >= 15 is 0 Å². The molecule has 3 aromatic rings. The van der Waals surface area contributed by atoms with Gasteiger partial charge < -0.3 is 15.2 Å². The molecule has 0 saturated heterocycles. The molecule has 0 unspecified atom stereocenters. The summed E-state index contributed by atoms with van der Waals surface area (Å²) in [5.74, 6) is 0.997. The molecule has 0 spiro atoms. The van der Waals surface area contributed by atoms with Crippen molar-refractivity contribution in [1.29, 1.82) is 0 Å². The molecule has 0 bridgehead atoms. The predicted octanol–water partition coefficient (Wildman–Crippen LogP) is 2.05. The van der Waals surface area contributed by atoms with E-state index in [1.165, 1.54) is 4.68 Å². The molecule has 0 amide bonds. The fraction of sp³-hybridized carbons (Fsp3) is 0.0714. The van der Waals surface area contributed by atoms with Crippen molar-refractivity contribution in [3.63, 3.8) is 0 Å². The molecule has 21 heavy (non-hydrogen) atoms. The van der Waals surface area contributed by atoms with Gasteiger partial charge in [-0.1, -0.05) is 23.3 Å². The predicted molar refractivity (Wildman–Crippen MR) is 76.6 cm³/mol. The van der Waals surface area contributed by atoms with Gasteiger partial charge in [0.1, 0.15) is 0 Å². The zero-order chi connectivity index (χ0) is 14.7. The maximum atomic E-state index is 5.77. The maximum Gasteiger partial charge on any atom is 0.346 e. The van der Waals surface area contributed by atoms with Crippen LogP contribution in [0, 0.1) is 0 Å². The number of nitrogens with zero attached hydrogens (tertiary/aromatic N) is 4. The fourth-order valence-electron chi connectivity index (χ4n) is 1.85. The van der Waals surface area contributed by atoms with E-state index in [1.54, 1.807) is 25.3 Å². The number of hydrogen-bond acceptors (Lipinski definition) is 6. The summed E-state index contributed by atoms with van der Waals surface area (Å²) < 4.78 is 12.5. The summed E-state index contributed by atoms with van der Waals surface area (Å²) in [4.78, 5) is 0.